The molecule has 9 nitrogen and oxygen atoms in total. The number of piperidine rings is 1. The Morgan fingerprint density at radius 1 is 1.00 bits per heavy atom. The summed E-state index contributed by atoms with van der Waals surface area (Å²) in [4.78, 5) is 20.8. The average Bonchev–Trinajstić information content (AvgIpc) is 3.33. The van der Waals surface area contributed by atoms with Gasteiger partial charge in [-0.15, -0.1) is 5.10 Å². The fourth-order valence-electron chi connectivity index (χ4n) is 5.24. The number of benzene rings is 3. The van der Waals surface area contributed by atoms with Crippen LogP contribution in [0.4, 0.5) is 0 Å². The van der Waals surface area contributed by atoms with Gasteiger partial charge >= 0.3 is 0 Å². The first kappa shape index (κ1) is 24.4. The molecule has 3 aromatic carbocycles. The van der Waals surface area contributed by atoms with Crippen molar-refractivity contribution in [1.82, 2.24) is 29.3 Å². The number of rotatable bonds is 5. The van der Waals surface area contributed by atoms with Crippen molar-refractivity contribution >= 4 is 32.0 Å². The molecule has 6 rings (SSSR count). The first-order chi connectivity index (χ1) is 18.3. The van der Waals surface area contributed by atoms with E-state index >= 15 is 0 Å². The number of nitrogens with one attached hydrogen (secondary N) is 1. The number of hydrogen-bond donors (Lipinski definition) is 1. The second-order valence-corrected chi connectivity index (χ2v) is 11.9. The summed E-state index contributed by atoms with van der Waals surface area (Å²) >= 11 is 0. The molecule has 0 atom stereocenters. The molecule has 1 saturated heterocycles. The Hall–Kier alpha value is -3.89. The first-order valence-electron chi connectivity index (χ1n) is 12.7. The van der Waals surface area contributed by atoms with Gasteiger partial charge in [-0.05, 0) is 49.3 Å². The summed E-state index contributed by atoms with van der Waals surface area (Å²) in [5.74, 6) is 0.476. The number of hydrogen-bond acceptors (Lipinski definition) is 6. The minimum atomic E-state index is -3.66. The molecule has 38 heavy (non-hydrogen) atoms. The van der Waals surface area contributed by atoms with E-state index in [0.717, 1.165) is 27.5 Å². The van der Waals surface area contributed by atoms with Crippen LogP contribution in [-0.4, -0.2) is 50.8 Å². The smallest absolute Gasteiger partial charge is 0.281 e. The fraction of sp³-hybridized carbons (Fsp3) is 0.286. The minimum Gasteiger partial charge on any atom is -0.308 e. The monoisotopic (exact) mass is 528 g/mol. The quantitative estimate of drug-likeness (QED) is 0.370. The van der Waals surface area contributed by atoms with Crippen molar-refractivity contribution in [3.63, 3.8) is 0 Å². The van der Waals surface area contributed by atoms with E-state index in [1.54, 1.807) is 16.8 Å². The minimum absolute atomic E-state index is 0.0740. The normalized spacial score (nSPS) is 15.4. The topological polar surface area (TPSA) is 114 Å². The van der Waals surface area contributed by atoms with E-state index in [1.807, 2.05) is 44.2 Å². The molecule has 1 N–H and O–H groups in total. The van der Waals surface area contributed by atoms with E-state index in [9.17, 15) is 13.2 Å². The molecule has 0 spiro atoms. The Labute approximate surface area is 220 Å². The van der Waals surface area contributed by atoms with E-state index in [1.165, 1.54) is 4.31 Å². The Morgan fingerprint density at radius 2 is 1.76 bits per heavy atom. The van der Waals surface area contributed by atoms with Crippen molar-refractivity contribution in [2.75, 3.05) is 13.1 Å². The van der Waals surface area contributed by atoms with Gasteiger partial charge in [0.25, 0.3) is 5.56 Å². The van der Waals surface area contributed by atoms with E-state index < -0.39 is 10.0 Å². The lowest BCUT2D eigenvalue weighted by Crippen LogP contribution is -2.38. The van der Waals surface area contributed by atoms with Crippen molar-refractivity contribution < 1.29 is 8.42 Å². The van der Waals surface area contributed by atoms with Crippen LogP contribution in [-0.2, 0) is 16.6 Å². The van der Waals surface area contributed by atoms with Crippen LogP contribution >= 0.6 is 0 Å². The number of H-pyrrole nitrogens is 1. The maximum Gasteiger partial charge on any atom is 0.281 e. The van der Waals surface area contributed by atoms with Gasteiger partial charge in [0, 0.05) is 24.4 Å². The zero-order chi connectivity index (χ0) is 26.4. The van der Waals surface area contributed by atoms with Crippen molar-refractivity contribution in [1.29, 1.82) is 0 Å². The Morgan fingerprint density at radius 3 is 2.58 bits per heavy atom. The summed E-state index contributed by atoms with van der Waals surface area (Å²) in [6, 6.07) is 19.1. The number of aromatic amines is 1. The Balaban J connectivity index is 1.26. The standard InChI is InChI=1S/C28H28N6O3S/c1-18-10-11-19(2)22(16-18)17-34-27-25(31-32-34)28(35)30-26(29-27)21-12-14-33(15-13-21)38(36,37)24-9-5-7-20-6-3-4-8-23(20)24/h3-11,16,21H,12-15,17H2,1-2H3,(H,29,30,35). The van der Waals surface area contributed by atoms with Crippen LogP contribution in [0.5, 0.6) is 0 Å². The van der Waals surface area contributed by atoms with Crippen molar-refractivity contribution in [2.45, 2.75) is 44.0 Å². The lowest BCUT2D eigenvalue weighted by molar-refractivity contribution is 0.313. The van der Waals surface area contributed by atoms with Gasteiger partial charge in [0.15, 0.2) is 11.2 Å². The molecule has 1 fully saturated rings. The molecular weight excluding hydrogens is 500 g/mol. The van der Waals surface area contributed by atoms with E-state index in [4.69, 9.17) is 4.98 Å². The highest BCUT2D eigenvalue weighted by atomic mass is 32.2. The molecule has 0 unspecified atom stereocenters. The Bertz CT molecular complexity index is 1830. The highest BCUT2D eigenvalue weighted by Gasteiger charge is 2.32. The molecule has 3 heterocycles. The number of nitrogens with zero attached hydrogens (tertiary/aromatic N) is 5. The zero-order valence-corrected chi connectivity index (χ0v) is 22.1. The van der Waals surface area contributed by atoms with Gasteiger partial charge in [-0.2, -0.15) is 4.31 Å². The van der Waals surface area contributed by atoms with E-state index in [-0.39, 0.29) is 17.0 Å². The fourth-order valence-corrected chi connectivity index (χ4v) is 6.93. The van der Waals surface area contributed by atoms with E-state index in [0.29, 0.717) is 48.8 Å². The van der Waals surface area contributed by atoms with Gasteiger partial charge in [-0.25, -0.2) is 18.1 Å². The molecular formula is C28H28N6O3S. The summed E-state index contributed by atoms with van der Waals surface area (Å²) in [7, 11) is -3.66. The zero-order valence-electron chi connectivity index (χ0n) is 21.3. The summed E-state index contributed by atoms with van der Waals surface area (Å²) in [5, 5.41) is 9.90. The van der Waals surface area contributed by atoms with Crippen LogP contribution in [0.3, 0.4) is 0 Å². The molecule has 5 aromatic rings. The van der Waals surface area contributed by atoms with Gasteiger partial charge in [0.2, 0.25) is 10.0 Å². The third-order valence-corrected chi connectivity index (χ3v) is 9.38. The lowest BCUT2D eigenvalue weighted by atomic mass is 9.97. The molecule has 0 bridgehead atoms. The molecule has 0 amide bonds. The highest BCUT2D eigenvalue weighted by molar-refractivity contribution is 7.89. The summed E-state index contributed by atoms with van der Waals surface area (Å²) in [6.07, 6.45) is 1.11. The molecule has 0 aliphatic carbocycles. The maximum absolute atomic E-state index is 13.5. The number of aromatic nitrogens is 5. The number of aryl methyl sites for hydroxylation is 2. The highest BCUT2D eigenvalue weighted by Crippen LogP contribution is 2.31. The lowest BCUT2D eigenvalue weighted by Gasteiger charge is -2.31. The third-order valence-electron chi connectivity index (χ3n) is 7.42. The van der Waals surface area contributed by atoms with Crippen molar-refractivity contribution in [3.8, 4) is 0 Å². The summed E-state index contributed by atoms with van der Waals surface area (Å²) in [5.41, 5.74) is 3.68. The van der Waals surface area contributed by atoms with Crippen LogP contribution in [0.15, 0.2) is 70.4 Å². The van der Waals surface area contributed by atoms with Crippen LogP contribution in [0, 0.1) is 13.8 Å². The summed E-state index contributed by atoms with van der Waals surface area (Å²) in [6.45, 7) is 5.23. The second-order valence-electron chi connectivity index (χ2n) is 9.96. The van der Waals surface area contributed by atoms with Gasteiger partial charge in [0.05, 0.1) is 11.4 Å². The van der Waals surface area contributed by atoms with Crippen LogP contribution < -0.4 is 5.56 Å². The third kappa shape index (κ3) is 4.29. The maximum atomic E-state index is 13.5. The van der Waals surface area contributed by atoms with Crippen molar-refractivity contribution in [3.05, 3.63) is 93.5 Å². The average molecular weight is 529 g/mol. The number of sulfonamides is 1. The van der Waals surface area contributed by atoms with Gasteiger partial charge < -0.3 is 4.98 Å². The SMILES string of the molecule is Cc1ccc(C)c(Cn2nnc3c(=O)[nH]c(C4CCN(S(=O)(=O)c5cccc6ccccc56)CC4)nc32)c1. The predicted molar refractivity (Wildman–Crippen MR) is 146 cm³/mol. The van der Waals surface area contributed by atoms with Crippen molar-refractivity contribution in [2.24, 2.45) is 0 Å². The molecule has 0 saturated carbocycles. The van der Waals surface area contributed by atoms with Crippen LogP contribution in [0.2, 0.25) is 0 Å². The van der Waals surface area contributed by atoms with E-state index in [2.05, 4.69) is 33.5 Å². The first-order valence-corrected chi connectivity index (χ1v) is 14.1. The van der Waals surface area contributed by atoms with Crippen LogP contribution in [0.25, 0.3) is 21.9 Å². The van der Waals surface area contributed by atoms with Crippen LogP contribution in [0.1, 0.15) is 41.3 Å². The second kappa shape index (κ2) is 9.45. The van der Waals surface area contributed by atoms with Gasteiger partial charge in [0.1, 0.15) is 5.82 Å². The molecule has 194 valence electrons. The van der Waals surface area contributed by atoms with Gasteiger partial charge in [-0.1, -0.05) is 65.4 Å². The molecule has 1 aliphatic rings. The largest absolute Gasteiger partial charge is 0.308 e. The Kier molecular flexibility index (Phi) is 6.08. The van der Waals surface area contributed by atoms with Gasteiger partial charge in [-0.3, -0.25) is 4.79 Å². The molecule has 1 aliphatic heterocycles. The predicted octanol–water partition coefficient (Wildman–Crippen LogP) is 3.90. The number of fused-ring (bicyclic) bond motifs is 2. The molecule has 2 aromatic heterocycles. The molecule has 0 radical (unpaired) electrons. The summed E-state index contributed by atoms with van der Waals surface area (Å²) < 4.78 is 30.3. The molecule has 10 heteroatoms.